The van der Waals surface area contributed by atoms with Gasteiger partial charge in [-0.05, 0) is 25.2 Å². The molecule has 2 rings (SSSR count). The van der Waals surface area contributed by atoms with Crippen molar-refractivity contribution in [3.05, 3.63) is 51.6 Å². The Morgan fingerprint density at radius 3 is 2.76 bits per heavy atom. The van der Waals surface area contributed by atoms with Crippen LogP contribution in [0, 0.1) is 0 Å². The van der Waals surface area contributed by atoms with E-state index in [1.54, 1.807) is 19.2 Å². The lowest BCUT2D eigenvalue weighted by Crippen LogP contribution is -2.08. The Hall–Kier alpha value is -1.49. The summed E-state index contributed by atoms with van der Waals surface area (Å²) in [6, 6.07) is 9.01. The van der Waals surface area contributed by atoms with Crippen LogP contribution in [0.4, 0.5) is 0 Å². The van der Waals surface area contributed by atoms with Crippen LogP contribution in [0.2, 0.25) is 10.0 Å². The van der Waals surface area contributed by atoms with Gasteiger partial charge in [0.1, 0.15) is 12.4 Å². The molecule has 1 aromatic heterocycles. The van der Waals surface area contributed by atoms with Crippen LogP contribution in [-0.2, 0) is 13.2 Å². The van der Waals surface area contributed by atoms with E-state index in [9.17, 15) is 0 Å². The van der Waals surface area contributed by atoms with Gasteiger partial charge in [0, 0.05) is 23.2 Å². The fraction of sp³-hybridized carbons (Fsp3) is 0.267. The second-order valence-corrected chi connectivity index (χ2v) is 5.21. The van der Waals surface area contributed by atoms with E-state index in [0.717, 1.165) is 11.3 Å². The predicted octanol–water partition coefficient (Wildman–Crippen LogP) is 3.70. The van der Waals surface area contributed by atoms with Crippen molar-refractivity contribution in [2.75, 3.05) is 14.2 Å². The summed E-state index contributed by atoms with van der Waals surface area (Å²) in [4.78, 5) is 4.30. The van der Waals surface area contributed by atoms with E-state index in [1.807, 2.05) is 25.2 Å². The number of pyridine rings is 1. The van der Waals surface area contributed by atoms with E-state index in [1.165, 1.54) is 0 Å². The number of aromatic nitrogens is 1. The smallest absolute Gasteiger partial charge is 0.213 e. The first kappa shape index (κ1) is 15.9. The van der Waals surface area contributed by atoms with Crippen molar-refractivity contribution < 1.29 is 9.47 Å². The molecule has 6 heteroatoms. The molecule has 0 radical (unpaired) electrons. The zero-order chi connectivity index (χ0) is 15.2. The van der Waals surface area contributed by atoms with Crippen LogP contribution in [0.15, 0.2) is 30.3 Å². The van der Waals surface area contributed by atoms with Crippen molar-refractivity contribution >= 4 is 23.2 Å². The topological polar surface area (TPSA) is 43.4 Å². The summed E-state index contributed by atoms with van der Waals surface area (Å²) in [6.07, 6.45) is 0. The average Bonchev–Trinajstić information content (AvgIpc) is 2.47. The van der Waals surface area contributed by atoms with Gasteiger partial charge < -0.3 is 14.8 Å². The molecule has 0 aliphatic carbocycles. The minimum atomic E-state index is 0.301. The first-order valence-electron chi connectivity index (χ1n) is 6.39. The molecule has 1 N–H and O–H groups in total. The number of halogens is 2. The highest BCUT2D eigenvalue weighted by atomic mass is 35.5. The second kappa shape index (κ2) is 7.50. The Labute approximate surface area is 134 Å². The van der Waals surface area contributed by atoms with Crippen LogP contribution in [0.5, 0.6) is 11.6 Å². The third-order valence-electron chi connectivity index (χ3n) is 2.81. The Balaban J connectivity index is 2.18. The largest absolute Gasteiger partial charge is 0.485 e. The van der Waals surface area contributed by atoms with Gasteiger partial charge in [0.2, 0.25) is 5.88 Å². The number of rotatable bonds is 6. The van der Waals surface area contributed by atoms with Crippen LogP contribution in [0.25, 0.3) is 0 Å². The molecule has 0 aliphatic heterocycles. The SMILES string of the molecule is CNCc1cc(Cl)cc(Cl)c1OCc1cccc(OC)n1. The molecule has 1 heterocycles. The summed E-state index contributed by atoms with van der Waals surface area (Å²) in [7, 11) is 3.43. The van der Waals surface area contributed by atoms with Crippen LogP contribution in [0.3, 0.4) is 0 Å². The maximum Gasteiger partial charge on any atom is 0.213 e. The fourth-order valence-electron chi connectivity index (χ4n) is 1.89. The van der Waals surface area contributed by atoms with Crippen molar-refractivity contribution in [2.45, 2.75) is 13.2 Å². The van der Waals surface area contributed by atoms with Gasteiger partial charge in [-0.2, -0.15) is 0 Å². The summed E-state index contributed by atoms with van der Waals surface area (Å²) in [6.45, 7) is 0.913. The molecule has 0 bridgehead atoms. The first-order valence-corrected chi connectivity index (χ1v) is 7.15. The van der Waals surface area contributed by atoms with Crippen molar-refractivity contribution in [3.63, 3.8) is 0 Å². The monoisotopic (exact) mass is 326 g/mol. The molecule has 4 nitrogen and oxygen atoms in total. The number of benzene rings is 1. The summed E-state index contributed by atoms with van der Waals surface area (Å²) in [5.41, 5.74) is 1.66. The highest BCUT2D eigenvalue weighted by molar-refractivity contribution is 6.35. The molecule has 0 fully saturated rings. The van der Waals surface area contributed by atoms with Gasteiger partial charge in [0.15, 0.2) is 0 Å². The van der Waals surface area contributed by atoms with E-state index in [2.05, 4.69) is 10.3 Å². The van der Waals surface area contributed by atoms with Crippen molar-refractivity contribution in [1.82, 2.24) is 10.3 Å². The quantitative estimate of drug-likeness (QED) is 0.879. The lowest BCUT2D eigenvalue weighted by atomic mass is 10.2. The lowest BCUT2D eigenvalue weighted by Gasteiger charge is -2.13. The Morgan fingerprint density at radius 1 is 1.24 bits per heavy atom. The van der Waals surface area contributed by atoms with Crippen molar-refractivity contribution in [3.8, 4) is 11.6 Å². The number of nitrogens with one attached hydrogen (secondary N) is 1. The third-order valence-corrected chi connectivity index (χ3v) is 3.31. The van der Waals surface area contributed by atoms with Crippen LogP contribution >= 0.6 is 23.2 Å². The lowest BCUT2D eigenvalue weighted by molar-refractivity contribution is 0.295. The Bertz CT molecular complexity index is 621. The number of hydrogen-bond acceptors (Lipinski definition) is 4. The molecule has 0 aliphatic rings. The van der Waals surface area contributed by atoms with Gasteiger partial charge in [0.05, 0.1) is 17.8 Å². The second-order valence-electron chi connectivity index (χ2n) is 4.37. The maximum atomic E-state index is 6.21. The summed E-state index contributed by atoms with van der Waals surface area (Å²) >= 11 is 12.2. The first-order chi connectivity index (χ1) is 10.1. The molecular weight excluding hydrogens is 311 g/mol. The maximum absolute atomic E-state index is 6.21. The fourth-order valence-corrected chi connectivity index (χ4v) is 2.48. The zero-order valence-electron chi connectivity index (χ0n) is 11.8. The van der Waals surface area contributed by atoms with E-state index in [0.29, 0.717) is 34.8 Å². The molecule has 0 atom stereocenters. The van der Waals surface area contributed by atoms with E-state index in [-0.39, 0.29) is 0 Å². The minimum absolute atomic E-state index is 0.301. The normalized spacial score (nSPS) is 10.5. The standard InChI is InChI=1S/C15H16Cl2N2O2/c1-18-8-10-6-11(16)7-13(17)15(10)21-9-12-4-3-5-14(19-12)20-2/h3-7,18H,8-9H2,1-2H3. The molecule has 0 saturated heterocycles. The van der Waals surface area contributed by atoms with Gasteiger partial charge >= 0.3 is 0 Å². The predicted molar refractivity (Wildman–Crippen MR) is 84.3 cm³/mol. The van der Waals surface area contributed by atoms with Gasteiger partial charge in [-0.3, -0.25) is 0 Å². The van der Waals surface area contributed by atoms with Crippen molar-refractivity contribution in [2.24, 2.45) is 0 Å². The van der Waals surface area contributed by atoms with Gasteiger partial charge in [-0.25, -0.2) is 4.98 Å². The Kier molecular flexibility index (Phi) is 5.67. The van der Waals surface area contributed by atoms with Gasteiger partial charge in [0.25, 0.3) is 0 Å². The average molecular weight is 327 g/mol. The van der Waals surface area contributed by atoms with Crippen LogP contribution < -0.4 is 14.8 Å². The number of ether oxygens (including phenoxy) is 2. The molecule has 112 valence electrons. The van der Waals surface area contributed by atoms with E-state index in [4.69, 9.17) is 32.7 Å². The molecule has 2 aromatic rings. The number of nitrogens with zero attached hydrogens (tertiary/aromatic N) is 1. The van der Waals surface area contributed by atoms with Gasteiger partial charge in [-0.1, -0.05) is 29.3 Å². The van der Waals surface area contributed by atoms with Crippen LogP contribution in [0.1, 0.15) is 11.3 Å². The summed E-state index contributed by atoms with van der Waals surface area (Å²) in [5.74, 6) is 1.16. The molecular formula is C15H16Cl2N2O2. The Morgan fingerprint density at radius 2 is 2.05 bits per heavy atom. The van der Waals surface area contributed by atoms with Crippen LogP contribution in [-0.4, -0.2) is 19.1 Å². The molecule has 1 aromatic carbocycles. The summed E-state index contributed by atoms with van der Waals surface area (Å²) < 4.78 is 10.9. The van der Waals surface area contributed by atoms with E-state index < -0.39 is 0 Å². The van der Waals surface area contributed by atoms with Gasteiger partial charge in [-0.15, -0.1) is 0 Å². The number of methoxy groups -OCH3 is 1. The van der Waals surface area contributed by atoms with E-state index >= 15 is 0 Å². The molecule has 0 spiro atoms. The zero-order valence-corrected chi connectivity index (χ0v) is 13.3. The minimum Gasteiger partial charge on any atom is -0.485 e. The highest BCUT2D eigenvalue weighted by Crippen LogP contribution is 2.33. The summed E-state index contributed by atoms with van der Waals surface area (Å²) in [5, 5.41) is 4.13. The molecule has 0 saturated carbocycles. The third kappa shape index (κ3) is 4.24. The molecule has 0 amide bonds. The molecule has 0 unspecified atom stereocenters. The number of hydrogen-bond donors (Lipinski definition) is 1. The highest BCUT2D eigenvalue weighted by Gasteiger charge is 2.11. The van der Waals surface area contributed by atoms with Crippen molar-refractivity contribution in [1.29, 1.82) is 0 Å². The molecule has 21 heavy (non-hydrogen) atoms.